The predicted molar refractivity (Wildman–Crippen MR) is 69.7 cm³/mol. The average Bonchev–Trinajstić information content (AvgIpc) is 2.92. The molecule has 0 aromatic carbocycles. The third-order valence-electron chi connectivity index (χ3n) is 4.43. The Morgan fingerprint density at radius 3 is 2.69 bits per heavy atom. The highest BCUT2D eigenvalue weighted by atomic mass is 32.1. The fraction of sp³-hybridized carbons (Fsp3) is 0.923. The van der Waals surface area contributed by atoms with E-state index in [0.717, 1.165) is 24.1 Å². The van der Waals surface area contributed by atoms with Crippen molar-refractivity contribution in [3.8, 4) is 0 Å². The first-order valence-electron chi connectivity index (χ1n) is 6.53. The number of amides is 1. The molecule has 2 fully saturated rings. The summed E-state index contributed by atoms with van der Waals surface area (Å²) in [5.74, 6) is 2.61. The Morgan fingerprint density at radius 1 is 1.44 bits per heavy atom. The monoisotopic (exact) mass is 241 g/mol. The van der Waals surface area contributed by atoms with Gasteiger partial charge < -0.3 is 5.32 Å². The van der Waals surface area contributed by atoms with Crippen LogP contribution in [-0.2, 0) is 4.79 Å². The van der Waals surface area contributed by atoms with E-state index in [9.17, 15) is 4.79 Å². The van der Waals surface area contributed by atoms with E-state index < -0.39 is 0 Å². The van der Waals surface area contributed by atoms with Crippen molar-refractivity contribution in [1.82, 2.24) is 5.32 Å². The Kier molecular flexibility index (Phi) is 3.83. The summed E-state index contributed by atoms with van der Waals surface area (Å²) in [6, 6.07) is 0. The van der Waals surface area contributed by atoms with Crippen molar-refractivity contribution in [2.75, 3.05) is 12.3 Å². The van der Waals surface area contributed by atoms with Gasteiger partial charge in [0.2, 0.25) is 5.91 Å². The van der Waals surface area contributed by atoms with Crippen LogP contribution in [0.5, 0.6) is 0 Å². The number of nitrogens with one attached hydrogen (secondary N) is 1. The van der Waals surface area contributed by atoms with Gasteiger partial charge in [-0.2, -0.15) is 12.6 Å². The molecule has 0 aromatic rings. The Bertz CT molecular complexity index is 263. The largest absolute Gasteiger partial charge is 0.356 e. The van der Waals surface area contributed by atoms with Crippen LogP contribution in [0.1, 0.15) is 45.4 Å². The van der Waals surface area contributed by atoms with Gasteiger partial charge in [-0.15, -0.1) is 0 Å². The molecular weight excluding hydrogens is 218 g/mol. The lowest BCUT2D eigenvalue weighted by Crippen LogP contribution is -2.32. The zero-order chi connectivity index (χ0) is 11.6. The summed E-state index contributed by atoms with van der Waals surface area (Å²) < 4.78 is 0. The first kappa shape index (κ1) is 12.3. The maximum atomic E-state index is 11.8. The summed E-state index contributed by atoms with van der Waals surface area (Å²) in [7, 11) is 0. The lowest BCUT2D eigenvalue weighted by molar-refractivity contribution is -0.122. The zero-order valence-electron chi connectivity index (χ0n) is 10.2. The summed E-state index contributed by atoms with van der Waals surface area (Å²) in [6.45, 7) is 3.20. The van der Waals surface area contributed by atoms with Gasteiger partial charge in [-0.25, -0.2) is 0 Å². The molecule has 0 spiro atoms. The van der Waals surface area contributed by atoms with Crippen LogP contribution in [0.4, 0.5) is 0 Å². The van der Waals surface area contributed by atoms with Gasteiger partial charge in [-0.1, -0.05) is 19.8 Å². The molecule has 1 N–H and O–H groups in total. The number of thiol groups is 1. The second kappa shape index (κ2) is 4.99. The first-order valence-corrected chi connectivity index (χ1v) is 7.16. The molecule has 16 heavy (non-hydrogen) atoms. The van der Waals surface area contributed by atoms with Crippen molar-refractivity contribution in [3.05, 3.63) is 0 Å². The molecule has 2 rings (SSSR count). The molecule has 0 saturated heterocycles. The molecule has 1 amide bonds. The standard InChI is InChI=1S/C13H23NOS/c1-10-3-2-4-11(10)8-14-12(15)7-13(9-16)5-6-13/h10-11,16H,2-9H2,1H3,(H,14,15). The van der Waals surface area contributed by atoms with Gasteiger partial charge >= 0.3 is 0 Å². The molecule has 0 aromatic heterocycles. The van der Waals surface area contributed by atoms with E-state index in [1.165, 1.54) is 32.1 Å². The SMILES string of the molecule is CC1CCCC1CNC(=O)CC1(CS)CC1. The minimum atomic E-state index is 0.241. The van der Waals surface area contributed by atoms with Gasteiger partial charge in [0.25, 0.3) is 0 Å². The van der Waals surface area contributed by atoms with Crippen molar-refractivity contribution >= 4 is 18.5 Å². The normalized spacial score (nSPS) is 31.4. The van der Waals surface area contributed by atoms with Crippen LogP contribution in [0.3, 0.4) is 0 Å². The predicted octanol–water partition coefficient (Wildman–Crippen LogP) is 2.64. The third kappa shape index (κ3) is 2.93. The van der Waals surface area contributed by atoms with Gasteiger partial charge in [-0.05, 0) is 42.3 Å². The molecule has 0 radical (unpaired) electrons. The molecule has 2 aliphatic rings. The molecule has 0 bridgehead atoms. The van der Waals surface area contributed by atoms with Gasteiger partial charge in [0.15, 0.2) is 0 Å². The number of rotatable bonds is 5. The van der Waals surface area contributed by atoms with Crippen LogP contribution in [0, 0.1) is 17.3 Å². The second-order valence-corrected chi connectivity index (χ2v) is 6.12. The minimum absolute atomic E-state index is 0.241. The lowest BCUT2D eigenvalue weighted by atomic mass is 9.98. The number of carbonyl (C=O) groups excluding carboxylic acids is 1. The fourth-order valence-corrected chi connectivity index (χ4v) is 3.17. The minimum Gasteiger partial charge on any atom is -0.356 e. The number of hydrogen-bond donors (Lipinski definition) is 2. The zero-order valence-corrected chi connectivity index (χ0v) is 11.1. The summed E-state index contributed by atoms with van der Waals surface area (Å²) >= 11 is 4.33. The Hall–Kier alpha value is -0.180. The van der Waals surface area contributed by atoms with Crippen molar-refractivity contribution in [2.24, 2.45) is 17.3 Å². The van der Waals surface area contributed by atoms with E-state index in [1.807, 2.05) is 0 Å². The first-order chi connectivity index (χ1) is 7.65. The van der Waals surface area contributed by atoms with Crippen LogP contribution in [0.15, 0.2) is 0 Å². The van der Waals surface area contributed by atoms with E-state index in [2.05, 4.69) is 24.9 Å². The topological polar surface area (TPSA) is 29.1 Å². The van der Waals surface area contributed by atoms with E-state index in [0.29, 0.717) is 6.42 Å². The van der Waals surface area contributed by atoms with Gasteiger partial charge in [0.05, 0.1) is 0 Å². The maximum Gasteiger partial charge on any atom is 0.220 e. The number of hydrogen-bond acceptors (Lipinski definition) is 2. The van der Waals surface area contributed by atoms with Crippen molar-refractivity contribution in [3.63, 3.8) is 0 Å². The molecular formula is C13H23NOS. The molecule has 3 heteroatoms. The van der Waals surface area contributed by atoms with Gasteiger partial charge in [-0.3, -0.25) is 4.79 Å². The Morgan fingerprint density at radius 2 is 2.19 bits per heavy atom. The summed E-state index contributed by atoms with van der Waals surface area (Å²) in [5, 5.41) is 3.11. The Labute approximate surface area is 104 Å². The van der Waals surface area contributed by atoms with Crippen LogP contribution in [-0.4, -0.2) is 18.2 Å². The highest BCUT2D eigenvalue weighted by Gasteiger charge is 2.42. The van der Waals surface area contributed by atoms with E-state index in [1.54, 1.807) is 0 Å². The maximum absolute atomic E-state index is 11.8. The van der Waals surface area contributed by atoms with Crippen LogP contribution < -0.4 is 5.32 Å². The van der Waals surface area contributed by atoms with Crippen LogP contribution in [0.25, 0.3) is 0 Å². The molecule has 2 saturated carbocycles. The molecule has 2 nitrogen and oxygen atoms in total. The smallest absolute Gasteiger partial charge is 0.220 e. The summed E-state index contributed by atoms with van der Waals surface area (Å²) in [5.41, 5.74) is 0.258. The average molecular weight is 241 g/mol. The quantitative estimate of drug-likeness (QED) is 0.712. The van der Waals surface area contributed by atoms with Gasteiger partial charge in [0.1, 0.15) is 0 Å². The molecule has 92 valence electrons. The number of carbonyl (C=O) groups is 1. The van der Waals surface area contributed by atoms with E-state index in [-0.39, 0.29) is 11.3 Å². The van der Waals surface area contributed by atoms with Crippen molar-refractivity contribution in [1.29, 1.82) is 0 Å². The van der Waals surface area contributed by atoms with Crippen LogP contribution in [0.2, 0.25) is 0 Å². The van der Waals surface area contributed by atoms with Crippen molar-refractivity contribution in [2.45, 2.75) is 45.4 Å². The summed E-state index contributed by atoms with van der Waals surface area (Å²) in [6.07, 6.45) is 7.02. The Balaban J connectivity index is 1.67. The van der Waals surface area contributed by atoms with E-state index in [4.69, 9.17) is 0 Å². The van der Waals surface area contributed by atoms with Gasteiger partial charge in [0, 0.05) is 13.0 Å². The van der Waals surface area contributed by atoms with Crippen LogP contribution >= 0.6 is 12.6 Å². The molecule has 2 unspecified atom stereocenters. The van der Waals surface area contributed by atoms with E-state index >= 15 is 0 Å². The fourth-order valence-electron chi connectivity index (χ4n) is 2.74. The molecule has 0 aliphatic heterocycles. The molecule has 2 aliphatic carbocycles. The molecule has 0 heterocycles. The summed E-state index contributed by atoms with van der Waals surface area (Å²) in [4.78, 5) is 11.8. The highest BCUT2D eigenvalue weighted by Crippen LogP contribution is 2.49. The second-order valence-electron chi connectivity index (χ2n) is 5.81. The highest BCUT2D eigenvalue weighted by molar-refractivity contribution is 7.80. The molecule has 2 atom stereocenters. The lowest BCUT2D eigenvalue weighted by Gasteiger charge is -2.17. The van der Waals surface area contributed by atoms with Crippen molar-refractivity contribution < 1.29 is 4.79 Å². The third-order valence-corrected chi connectivity index (χ3v) is 5.10.